The monoisotopic (exact) mass is 482 g/mol. The molecule has 4 aromatic carbocycles. The van der Waals surface area contributed by atoms with Gasteiger partial charge in [0.15, 0.2) is 0 Å². The summed E-state index contributed by atoms with van der Waals surface area (Å²) in [7, 11) is 0. The van der Waals surface area contributed by atoms with Gasteiger partial charge in [0.2, 0.25) is 0 Å². The third-order valence-corrected chi connectivity index (χ3v) is 6.79. The summed E-state index contributed by atoms with van der Waals surface area (Å²) in [5.74, 6) is 0.967. The van der Waals surface area contributed by atoms with Crippen LogP contribution in [0.4, 0.5) is 0 Å². The maximum absolute atomic E-state index is 10.9. The molecule has 0 fully saturated rings. The molecular formula is C32H34O4. The van der Waals surface area contributed by atoms with Gasteiger partial charge in [-0.1, -0.05) is 66.6 Å². The quantitative estimate of drug-likeness (QED) is 0.234. The fourth-order valence-corrected chi connectivity index (χ4v) is 4.87. The normalized spacial score (nSPS) is 11.1. The van der Waals surface area contributed by atoms with Crippen molar-refractivity contribution in [1.29, 1.82) is 0 Å². The van der Waals surface area contributed by atoms with E-state index < -0.39 is 0 Å². The number of hydrogen-bond donors (Lipinski definition) is 4. The van der Waals surface area contributed by atoms with E-state index >= 15 is 0 Å². The Balaban J connectivity index is 1.68. The molecule has 0 bridgehead atoms. The Morgan fingerprint density at radius 2 is 0.972 bits per heavy atom. The number of aryl methyl sites for hydroxylation is 4. The number of hydrogen-bond acceptors (Lipinski definition) is 4. The van der Waals surface area contributed by atoms with Crippen LogP contribution in [-0.2, 0) is 25.7 Å². The highest BCUT2D eigenvalue weighted by Crippen LogP contribution is 2.33. The first-order valence-corrected chi connectivity index (χ1v) is 12.4. The van der Waals surface area contributed by atoms with Gasteiger partial charge >= 0.3 is 0 Å². The molecule has 0 unspecified atom stereocenters. The van der Waals surface area contributed by atoms with Crippen molar-refractivity contribution in [2.45, 2.75) is 53.4 Å². The summed E-state index contributed by atoms with van der Waals surface area (Å²) in [6.07, 6.45) is 2.20. The minimum Gasteiger partial charge on any atom is -0.508 e. The molecule has 36 heavy (non-hydrogen) atoms. The van der Waals surface area contributed by atoms with Crippen LogP contribution in [0.2, 0.25) is 0 Å². The van der Waals surface area contributed by atoms with Crippen molar-refractivity contribution >= 4 is 0 Å². The zero-order valence-electron chi connectivity index (χ0n) is 21.4. The number of benzene rings is 4. The van der Waals surface area contributed by atoms with E-state index in [1.54, 1.807) is 12.1 Å². The molecule has 4 N–H and O–H groups in total. The fourth-order valence-electron chi connectivity index (χ4n) is 4.87. The second-order valence-electron chi connectivity index (χ2n) is 9.83. The van der Waals surface area contributed by atoms with Crippen LogP contribution >= 0.6 is 0 Å². The molecule has 0 radical (unpaired) electrons. The van der Waals surface area contributed by atoms with Gasteiger partial charge < -0.3 is 20.4 Å². The van der Waals surface area contributed by atoms with Crippen molar-refractivity contribution in [3.05, 3.63) is 116 Å². The summed E-state index contributed by atoms with van der Waals surface area (Å²) in [5.41, 5.74) is 8.98. The Morgan fingerprint density at radius 3 is 1.50 bits per heavy atom. The molecule has 0 spiro atoms. The maximum atomic E-state index is 10.9. The summed E-state index contributed by atoms with van der Waals surface area (Å²) in [6.45, 7) is 7.87. The molecule has 0 aliphatic heterocycles. The molecule has 0 saturated heterocycles. The molecule has 4 rings (SSSR count). The Labute approximate surface area is 213 Å². The molecule has 0 aliphatic rings. The molecule has 0 saturated carbocycles. The first-order chi connectivity index (χ1) is 17.1. The number of phenolic OH excluding ortho intramolecular Hbond substituents is 4. The molecule has 0 aliphatic carbocycles. The van der Waals surface area contributed by atoms with Crippen LogP contribution in [0.1, 0.15) is 62.6 Å². The molecule has 0 heterocycles. The van der Waals surface area contributed by atoms with Crippen molar-refractivity contribution < 1.29 is 20.4 Å². The molecule has 0 aromatic heterocycles. The Bertz CT molecular complexity index is 1420. The van der Waals surface area contributed by atoms with E-state index in [2.05, 4.69) is 0 Å². The van der Waals surface area contributed by atoms with Crippen molar-refractivity contribution in [2.75, 3.05) is 0 Å². The zero-order valence-corrected chi connectivity index (χ0v) is 21.4. The van der Waals surface area contributed by atoms with Gasteiger partial charge in [-0.15, -0.1) is 0 Å². The number of aromatic hydroxyl groups is 4. The molecule has 4 aromatic rings. The van der Waals surface area contributed by atoms with E-state index in [-0.39, 0.29) is 23.0 Å². The lowest BCUT2D eigenvalue weighted by Gasteiger charge is -2.15. The highest BCUT2D eigenvalue weighted by molar-refractivity contribution is 5.52. The minimum atomic E-state index is 0.221. The van der Waals surface area contributed by atoms with Crippen LogP contribution in [0.5, 0.6) is 23.0 Å². The van der Waals surface area contributed by atoms with Gasteiger partial charge in [0.25, 0.3) is 0 Å². The third-order valence-electron chi connectivity index (χ3n) is 6.79. The van der Waals surface area contributed by atoms with E-state index in [1.807, 2.05) is 76.2 Å². The van der Waals surface area contributed by atoms with Gasteiger partial charge in [0.1, 0.15) is 23.0 Å². The van der Waals surface area contributed by atoms with Crippen LogP contribution in [0.15, 0.2) is 60.7 Å². The Morgan fingerprint density at radius 1 is 0.500 bits per heavy atom. The van der Waals surface area contributed by atoms with Crippen molar-refractivity contribution in [3.63, 3.8) is 0 Å². The molecule has 4 heteroatoms. The maximum Gasteiger partial charge on any atom is 0.122 e. The second-order valence-corrected chi connectivity index (χ2v) is 9.83. The largest absolute Gasteiger partial charge is 0.508 e. The van der Waals surface area contributed by atoms with Crippen LogP contribution in [0, 0.1) is 20.8 Å². The predicted molar refractivity (Wildman–Crippen MR) is 144 cm³/mol. The molecule has 0 atom stereocenters. The standard InChI is InChI=1S/C32H34O4/c1-5-24-14-23(16-28(32(24)36)18-26-11-20(3)7-9-30(26)34)13-22-12-21(4)31(35)27(15-22)17-25-10-19(2)6-8-29(25)33/h6-12,14-16,33-36H,5,13,17-18H2,1-4H3. The number of phenols is 4. The van der Waals surface area contributed by atoms with E-state index in [4.69, 9.17) is 0 Å². The van der Waals surface area contributed by atoms with E-state index in [0.29, 0.717) is 25.7 Å². The van der Waals surface area contributed by atoms with Gasteiger partial charge in [0, 0.05) is 12.8 Å². The van der Waals surface area contributed by atoms with Crippen LogP contribution < -0.4 is 0 Å². The van der Waals surface area contributed by atoms with Crippen molar-refractivity contribution in [3.8, 4) is 23.0 Å². The average molecular weight is 483 g/mol. The lowest BCUT2D eigenvalue weighted by atomic mass is 9.92. The fraction of sp³-hybridized carbons (Fsp3) is 0.250. The summed E-state index contributed by atoms with van der Waals surface area (Å²) >= 11 is 0. The molecule has 186 valence electrons. The number of rotatable bonds is 7. The predicted octanol–water partition coefficient (Wildman–Crippen LogP) is 6.77. The zero-order chi connectivity index (χ0) is 26.0. The third kappa shape index (κ3) is 5.49. The molecular weight excluding hydrogens is 448 g/mol. The topological polar surface area (TPSA) is 80.9 Å². The van der Waals surface area contributed by atoms with Gasteiger partial charge in [0.05, 0.1) is 0 Å². The van der Waals surface area contributed by atoms with Crippen LogP contribution in [0.25, 0.3) is 0 Å². The summed E-state index contributed by atoms with van der Waals surface area (Å²) < 4.78 is 0. The summed E-state index contributed by atoms with van der Waals surface area (Å²) in [5, 5.41) is 42.3. The van der Waals surface area contributed by atoms with Crippen molar-refractivity contribution in [1.82, 2.24) is 0 Å². The van der Waals surface area contributed by atoms with E-state index in [9.17, 15) is 20.4 Å². The van der Waals surface area contributed by atoms with Gasteiger partial charge in [-0.05, 0) is 90.3 Å². The van der Waals surface area contributed by atoms with Gasteiger partial charge in [-0.25, -0.2) is 0 Å². The van der Waals surface area contributed by atoms with Gasteiger partial charge in [-0.3, -0.25) is 0 Å². The highest BCUT2D eigenvalue weighted by atomic mass is 16.3. The second kappa shape index (κ2) is 10.4. The molecule has 4 nitrogen and oxygen atoms in total. The Kier molecular flexibility index (Phi) is 7.25. The summed E-state index contributed by atoms with van der Waals surface area (Å²) in [6, 6.07) is 19.0. The van der Waals surface area contributed by atoms with Crippen molar-refractivity contribution in [2.24, 2.45) is 0 Å². The lowest BCUT2D eigenvalue weighted by molar-refractivity contribution is 0.458. The highest BCUT2D eigenvalue weighted by Gasteiger charge is 2.15. The molecule has 0 amide bonds. The van der Waals surface area contributed by atoms with Gasteiger partial charge in [-0.2, -0.15) is 0 Å². The SMILES string of the molecule is CCc1cc(Cc2cc(C)c(O)c(Cc3cc(C)ccc3O)c2)cc(Cc2cc(C)ccc2O)c1O. The van der Waals surface area contributed by atoms with Crippen LogP contribution in [0.3, 0.4) is 0 Å². The van der Waals surface area contributed by atoms with E-state index in [0.717, 1.165) is 55.6 Å². The van der Waals surface area contributed by atoms with Crippen LogP contribution in [-0.4, -0.2) is 20.4 Å². The minimum absolute atomic E-state index is 0.221. The first-order valence-electron chi connectivity index (χ1n) is 12.4. The lowest BCUT2D eigenvalue weighted by Crippen LogP contribution is -2.00. The first kappa shape index (κ1) is 25.2. The smallest absolute Gasteiger partial charge is 0.122 e. The Hall–Kier alpha value is -3.92. The van der Waals surface area contributed by atoms with E-state index in [1.165, 1.54) is 0 Å². The average Bonchev–Trinajstić information content (AvgIpc) is 2.83. The summed E-state index contributed by atoms with van der Waals surface area (Å²) in [4.78, 5) is 0.